The second kappa shape index (κ2) is 7.72. The Hall–Kier alpha value is -2.99. The van der Waals surface area contributed by atoms with Crippen LogP contribution in [0.1, 0.15) is 17.5 Å². The van der Waals surface area contributed by atoms with Crippen LogP contribution in [0.3, 0.4) is 0 Å². The molecule has 6 heteroatoms. The highest BCUT2D eigenvalue weighted by Crippen LogP contribution is 2.32. The van der Waals surface area contributed by atoms with Gasteiger partial charge in [-0.1, -0.05) is 48.5 Å². The van der Waals surface area contributed by atoms with Gasteiger partial charge in [-0.15, -0.1) is 10.2 Å². The first-order valence-corrected chi connectivity index (χ1v) is 9.16. The summed E-state index contributed by atoms with van der Waals surface area (Å²) in [5, 5.41) is 11.6. The van der Waals surface area contributed by atoms with Crippen molar-refractivity contribution >= 4 is 21.6 Å². The molecule has 0 saturated carbocycles. The Kier molecular flexibility index (Phi) is 4.98. The van der Waals surface area contributed by atoms with Crippen LogP contribution in [-0.4, -0.2) is 10.2 Å². The molecule has 1 aromatic heterocycles. The summed E-state index contributed by atoms with van der Waals surface area (Å²) in [5.74, 6) is 0.331. The molecule has 0 fully saturated rings. The van der Waals surface area contributed by atoms with E-state index in [1.165, 1.54) is 6.07 Å². The number of rotatable bonds is 5. The van der Waals surface area contributed by atoms with E-state index < -0.39 is 6.04 Å². The molecular weight excluding hydrogens is 409 g/mol. The van der Waals surface area contributed by atoms with Crippen LogP contribution < -0.4 is 5.32 Å². The summed E-state index contributed by atoms with van der Waals surface area (Å²) >= 11 is 3.51. The third kappa shape index (κ3) is 3.75. The molecule has 0 spiro atoms. The van der Waals surface area contributed by atoms with E-state index in [0.29, 0.717) is 11.5 Å². The molecule has 0 aliphatic heterocycles. The molecule has 0 amide bonds. The molecule has 4 rings (SSSR count). The van der Waals surface area contributed by atoms with Gasteiger partial charge in [-0.2, -0.15) is 0 Å². The summed E-state index contributed by atoms with van der Waals surface area (Å²) < 4.78 is 21.3. The van der Waals surface area contributed by atoms with Crippen molar-refractivity contribution in [3.05, 3.63) is 101 Å². The highest BCUT2D eigenvalue weighted by molar-refractivity contribution is 9.10. The topological polar surface area (TPSA) is 51.0 Å². The van der Waals surface area contributed by atoms with Gasteiger partial charge in [-0.05, 0) is 46.3 Å². The molecule has 0 bridgehead atoms. The first-order valence-electron chi connectivity index (χ1n) is 8.36. The van der Waals surface area contributed by atoms with Crippen LogP contribution in [0.15, 0.2) is 87.8 Å². The van der Waals surface area contributed by atoms with Crippen LogP contribution in [-0.2, 0) is 0 Å². The lowest BCUT2D eigenvalue weighted by molar-refractivity contribution is 0.485. The van der Waals surface area contributed by atoms with Gasteiger partial charge in [0.1, 0.15) is 11.9 Å². The fourth-order valence-electron chi connectivity index (χ4n) is 2.76. The molecule has 3 aromatic carbocycles. The predicted octanol–water partition coefficient (Wildman–Crippen LogP) is 5.84. The normalized spacial score (nSPS) is 11.9. The Labute approximate surface area is 164 Å². The quantitative estimate of drug-likeness (QED) is 0.437. The first kappa shape index (κ1) is 17.4. The van der Waals surface area contributed by atoms with Gasteiger partial charge in [0.2, 0.25) is 11.8 Å². The lowest BCUT2D eigenvalue weighted by atomic mass is 10.1. The van der Waals surface area contributed by atoms with Crippen LogP contribution in [0.4, 0.5) is 10.1 Å². The molecule has 1 heterocycles. The highest BCUT2D eigenvalue weighted by Gasteiger charge is 2.24. The summed E-state index contributed by atoms with van der Waals surface area (Å²) in [5.41, 5.74) is 2.03. The number of anilines is 1. The Morgan fingerprint density at radius 1 is 0.852 bits per heavy atom. The summed E-state index contributed by atoms with van der Waals surface area (Å²) in [6.07, 6.45) is 0. The fourth-order valence-corrected chi connectivity index (χ4v) is 3.16. The van der Waals surface area contributed by atoms with Gasteiger partial charge >= 0.3 is 0 Å². The Balaban J connectivity index is 1.76. The van der Waals surface area contributed by atoms with Crippen LogP contribution in [0, 0.1) is 5.82 Å². The largest absolute Gasteiger partial charge is 0.418 e. The maximum Gasteiger partial charge on any atom is 0.247 e. The van der Waals surface area contributed by atoms with Crippen molar-refractivity contribution in [3.8, 4) is 11.5 Å². The van der Waals surface area contributed by atoms with Gasteiger partial charge in [0.15, 0.2) is 0 Å². The van der Waals surface area contributed by atoms with Gasteiger partial charge in [0.25, 0.3) is 0 Å². The number of hydrogen-bond donors (Lipinski definition) is 1. The van der Waals surface area contributed by atoms with Crippen molar-refractivity contribution in [2.75, 3.05) is 5.32 Å². The van der Waals surface area contributed by atoms with Crippen molar-refractivity contribution in [1.82, 2.24) is 10.2 Å². The minimum absolute atomic E-state index is 0.287. The third-order valence-electron chi connectivity index (χ3n) is 4.10. The SMILES string of the molecule is Fc1ccccc1C(Nc1ccccc1Br)c1nnc(-c2ccccc2)o1. The predicted molar refractivity (Wildman–Crippen MR) is 106 cm³/mol. The summed E-state index contributed by atoms with van der Waals surface area (Å²) in [6.45, 7) is 0. The Morgan fingerprint density at radius 2 is 1.56 bits per heavy atom. The number of benzene rings is 3. The van der Waals surface area contributed by atoms with Crippen molar-refractivity contribution in [3.63, 3.8) is 0 Å². The fraction of sp³-hybridized carbons (Fsp3) is 0.0476. The molecule has 0 aliphatic rings. The Bertz CT molecular complexity index is 1050. The van der Waals surface area contributed by atoms with E-state index in [9.17, 15) is 4.39 Å². The molecular formula is C21H15BrFN3O. The minimum Gasteiger partial charge on any atom is -0.418 e. The van der Waals surface area contributed by atoms with E-state index in [4.69, 9.17) is 4.42 Å². The number of nitrogens with zero attached hydrogens (tertiary/aromatic N) is 2. The number of aromatic nitrogens is 2. The van der Waals surface area contributed by atoms with Crippen molar-refractivity contribution < 1.29 is 8.81 Å². The minimum atomic E-state index is -0.630. The van der Waals surface area contributed by atoms with Crippen LogP contribution in [0.5, 0.6) is 0 Å². The van der Waals surface area contributed by atoms with E-state index in [1.54, 1.807) is 18.2 Å². The second-order valence-corrected chi connectivity index (χ2v) is 6.74. The van der Waals surface area contributed by atoms with E-state index >= 15 is 0 Å². The van der Waals surface area contributed by atoms with Crippen LogP contribution in [0.25, 0.3) is 11.5 Å². The van der Waals surface area contributed by atoms with Crippen molar-refractivity contribution in [2.45, 2.75) is 6.04 Å². The van der Waals surface area contributed by atoms with Gasteiger partial charge in [-0.3, -0.25) is 0 Å². The van der Waals surface area contributed by atoms with Crippen molar-refractivity contribution in [2.24, 2.45) is 0 Å². The lowest BCUT2D eigenvalue weighted by Gasteiger charge is -2.18. The standard InChI is InChI=1S/C21H15BrFN3O/c22-16-11-5-7-13-18(16)24-19(15-10-4-6-12-17(15)23)21-26-25-20(27-21)14-8-2-1-3-9-14/h1-13,19,24H. The monoisotopic (exact) mass is 423 g/mol. The molecule has 27 heavy (non-hydrogen) atoms. The van der Waals surface area contributed by atoms with Gasteiger partial charge in [0, 0.05) is 21.3 Å². The maximum absolute atomic E-state index is 14.5. The van der Waals surface area contributed by atoms with Crippen LogP contribution >= 0.6 is 15.9 Å². The van der Waals surface area contributed by atoms with E-state index in [-0.39, 0.29) is 11.7 Å². The average Bonchev–Trinajstić information content (AvgIpc) is 3.19. The van der Waals surface area contributed by atoms with Crippen molar-refractivity contribution in [1.29, 1.82) is 0 Å². The number of halogens is 2. The zero-order valence-corrected chi connectivity index (χ0v) is 15.7. The highest BCUT2D eigenvalue weighted by atomic mass is 79.9. The summed E-state index contributed by atoms with van der Waals surface area (Å²) in [6, 6.07) is 23.0. The number of nitrogens with one attached hydrogen (secondary N) is 1. The Morgan fingerprint density at radius 3 is 2.33 bits per heavy atom. The van der Waals surface area contributed by atoms with E-state index in [0.717, 1.165) is 15.7 Å². The molecule has 4 nitrogen and oxygen atoms in total. The lowest BCUT2D eigenvalue weighted by Crippen LogP contribution is -2.14. The van der Waals surface area contributed by atoms with Gasteiger partial charge in [0.05, 0.1) is 0 Å². The first-order chi connectivity index (χ1) is 13.2. The second-order valence-electron chi connectivity index (χ2n) is 5.89. The molecule has 0 saturated heterocycles. The van der Waals surface area contributed by atoms with E-state index in [1.807, 2.05) is 54.6 Å². The molecule has 0 radical (unpaired) electrons. The average molecular weight is 424 g/mol. The molecule has 1 unspecified atom stereocenters. The zero-order valence-electron chi connectivity index (χ0n) is 14.1. The van der Waals surface area contributed by atoms with Gasteiger partial charge < -0.3 is 9.73 Å². The van der Waals surface area contributed by atoms with E-state index in [2.05, 4.69) is 31.4 Å². The molecule has 0 aliphatic carbocycles. The van der Waals surface area contributed by atoms with Gasteiger partial charge in [-0.25, -0.2) is 4.39 Å². The third-order valence-corrected chi connectivity index (χ3v) is 4.79. The number of hydrogen-bond acceptors (Lipinski definition) is 4. The maximum atomic E-state index is 14.5. The number of para-hydroxylation sites is 1. The molecule has 134 valence electrons. The smallest absolute Gasteiger partial charge is 0.247 e. The molecule has 1 atom stereocenters. The van der Waals surface area contributed by atoms with Crippen LogP contribution in [0.2, 0.25) is 0 Å². The summed E-state index contributed by atoms with van der Waals surface area (Å²) in [4.78, 5) is 0. The molecule has 4 aromatic rings. The summed E-state index contributed by atoms with van der Waals surface area (Å²) in [7, 11) is 0. The molecule has 1 N–H and O–H groups in total. The zero-order chi connectivity index (χ0) is 18.6.